The largest absolute Gasteiger partial charge is 0.457 e. The zero-order valence-electron chi connectivity index (χ0n) is 17.5. The Morgan fingerprint density at radius 1 is 0.968 bits per heavy atom. The monoisotopic (exact) mass is 438 g/mol. The van der Waals surface area contributed by atoms with E-state index in [-0.39, 0.29) is 12.6 Å². The molecule has 1 heterocycles. The number of ether oxygens (including phenoxy) is 1. The van der Waals surface area contributed by atoms with Crippen LogP contribution in [0, 0.1) is 0 Å². The van der Waals surface area contributed by atoms with E-state index in [2.05, 4.69) is 4.72 Å². The molecule has 0 aromatic heterocycles. The van der Waals surface area contributed by atoms with Gasteiger partial charge < -0.3 is 4.74 Å². The molecule has 0 saturated carbocycles. The van der Waals surface area contributed by atoms with Crippen molar-refractivity contribution < 1.29 is 18.0 Å². The number of hydrogen-bond donors (Lipinski definition) is 1. The molecule has 1 fully saturated rings. The predicted octanol–water partition coefficient (Wildman–Crippen LogP) is 4.45. The number of sulfonamides is 1. The topological polar surface area (TPSA) is 67.9 Å². The van der Waals surface area contributed by atoms with Crippen molar-refractivity contribution in [3.8, 4) is 11.5 Å². The van der Waals surface area contributed by atoms with E-state index in [0.29, 0.717) is 5.75 Å². The highest BCUT2D eigenvalue weighted by Crippen LogP contribution is 2.36. The minimum atomic E-state index is -3.67. The molecule has 31 heavy (non-hydrogen) atoms. The second-order valence-corrected chi connectivity index (χ2v) is 9.54. The number of hydroxylamine groups is 2. The number of nitrogens with zero attached hydrogens (tertiary/aromatic N) is 1. The minimum absolute atomic E-state index is 0.0851. The molecule has 3 atom stereocenters. The Morgan fingerprint density at radius 3 is 2.32 bits per heavy atom. The molecule has 3 unspecified atom stereocenters. The van der Waals surface area contributed by atoms with Crippen molar-refractivity contribution in [2.45, 2.75) is 24.3 Å². The molecular formula is C24H26N2O4S. The van der Waals surface area contributed by atoms with Gasteiger partial charge in [0.15, 0.2) is 0 Å². The molecule has 3 aromatic rings. The van der Waals surface area contributed by atoms with Crippen LogP contribution in [0.4, 0.5) is 0 Å². The zero-order valence-corrected chi connectivity index (χ0v) is 18.3. The molecule has 0 bridgehead atoms. The van der Waals surface area contributed by atoms with Gasteiger partial charge in [-0.15, -0.1) is 0 Å². The van der Waals surface area contributed by atoms with Gasteiger partial charge in [-0.25, -0.2) is 13.1 Å². The number of benzene rings is 3. The summed E-state index contributed by atoms with van der Waals surface area (Å²) in [6, 6.07) is 25.7. The summed E-state index contributed by atoms with van der Waals surface area (Å²) in [4.78, 5) is 5.64. The highest BCUT2D eigenvalue weighted by Gasteiger charge is 2.43. The number of nitrogens with one attached hydrogen (secondary N) is 1. The maximum absolute atomic E-state index is 13.3. The summed E-state index contributed by atoms with van der Waals surface area (Å²) in [6.45, 7) is 1.93. The average molecular weight is 439 g/mol. The maximum atomic E-state index is 13.3. The molecule has 1 N–H and O–H groups in total. The molecule has 0 amide bonds. The number of hydrogen-bond acceptors (Lipinski definition) is 5. The van der Waals surface area contributed by atoms with E-state index < -0.39 is 21.3 Å². The second kappa shape index (κ2) is 9.20. The van der Waals surface area contributed by atoms with E-state index in [4.69, 9.17) is 9.57 Å². The fraction of sp³-hybridized carbons (Fsp3) is 0.250. The van der Waals surface area contributed by atoms with Gasteiger partial charge in [-0.1, -0.05) is 60.7 Å². The molecule has 1 aliphatic heterocycles. The summed E-state index contributed by atoms with van der Waals surface area (Å²) >= 11 is 0. The molecule has 3 aromatic carbocycles. The quantitative estimate of drug-likeness (QED) is 0.590. The Bertz CT molecular complexity index is 1110. The van der Waals surface area contributed by atoms with Crippen molar-refractivity contribution in [2.75, 3.05) is 13.7 Å². The van der Waals surface area contributed by atoms with Crippen LogP contribution in [0.1, 0.15) is 30.1 Å². The smallest absolute Gasteiger partial charge is 0.219 e. The average Bonchev–Trinajstić information content (AvgIpc) is 3.17. The van der Waals surface area contributed by atoms with Crippen LogP contribution in [0.15, 0.2) is 84.9 Å². The van der Waals surface area contributed by atoms with Crippen LogP contribution >= 0.6 is 0 Å². The Labute approximate surface area is 183 Å². The molecule has 0 spiro atoms. The lowest BCUT2D eigenvalue weighted by molar-refractivity contribution is -0.110. The summed E-state index contributed by atoms with van der Waals surface area (Å²) in [7, 11) is -1.91. The first-order valence-electron chi connectivity index (χ1n) is 10.2. The predicted molar refractivity (Wildman–Crippen MR) is 120 cm³/mol. The molecule has 0 aliphatic carbocycles. The highest BCUT2D eigenvalue weighted by molar-refractivity contribution is 7.90. The van der Waals surface area contributed by atoms with Crippen molar-refractivity contribution in [3.63, 3.8) is 0 Å². The summed E-state index contributed by atoms with van der Waals surface area (Å²) in [5, 5.41) is 0.856. The fourth-order valence-corrected chi connectivity index (χ4v) is 5.52. The van der Waals surface area contributed by atoms with Crippen LogP contribution in [0.25, 0.3) is 0 Å². The van der Waals surface area contributed by atoms with E-state index in [1.165, 1.54) is 0 Å². The van der Waals surface area contributed by atoms with E-state index in [0.717, 1.165) is 16.9 Å². The van der Waals surface area contributed by atoms with Crippen molar-refractivity contribution in [1.82, 2.24) is 9.79 Å². The van der Waals surface area contributed by atoms with Crippen LogP contribution < -0.4 is 9.46 Å². The van der Waals surface area contributed by atoms with Crippen molar-refractivity contribution in [3.05, 3.63) is 96.1 Å². The maximum Gasteiger partial charge on any atom is 0.219 e. The van der Waals surface area contributed by atoms with Crippen LogP contribution in [-0.4, -0.2) is 32.4 Å². The Kier molecular flexibility index (Phi) is 6.38. The fourth-order valence-electron chi connectivity index (χ4n) is 3.81. The van der Waals surface area contributed by atoms with Gasteiger partial charge in [0.1, 0.15) is 16.7 Å². The lowest BCUT2D eigenvalue weighted by Gasteiger charge is -2.25. The van der Waals surface area contributed by atoms with Crippen molar-refractivity contribution in [1.29, 1.82) is 0 Å². The molecule has 6 nitrogen and oxygen atoms in total. The first kappa shape index (κ1) is 21.5. The summed E-state index contributed by atoms with van der Waals surface area (Å²) in [5.74, 6) is 1.36. The van der Waals surface area contributed by atoms with Gasteiger partial charge >= 0.3 is 0 Å². The van der Waals surface area contributed by atoms with Gasteiger partial charge in [-0.05, 0) is 42.3 Å². The van der Waals surface area contributed by atoms with E-state index in [9.17, 15) is 8.42 Å². The SMILES string of the molecule is CC(NS(=O)(=O)C1CON(C)C1c1cccc(Oc2ccccc2)c1)c1ccccc1. The first-order valence-corrected chi connectivity index (χ1v) is 11.7. The van der Waals surface area contributed by atoms with E-state index in [1.807, 2.05) is 91.9 Å². The van der Waals surface area contributed by atoms with Gasteiger partial charge in [-0.2, -0.15) is 5.06 Å². The molecule has 1 saturated heterocycles. The normalized spacial score (nSPS) is 20.5. The minimum Gasteiger partial charge on any atom is -0.457 e. The van der Waals surface area contributed by atoms with E-state index in [1.54, 1.807) is 12.1 Å². The summed E-state index contributed by atoms with van der Waals surface area (Å²) < 4.78 is 35.3. The first-order chi connectivity index (χ1) is 14.9. The second-order valence-electron chi connectivity index (χ2n) is 7.61. The van der Waals surface area contributed by atoms with Crippen LogP contribution in [0.3, 0.4) is 0 Å². The van der Waals surface area contributed by atoms with Gasteiger partial charge in [0, 0.05) is 13.1 Å². The third-order valence-corrected chi connectivity index (χ3v) is 7.28. The van der Waals surface area contributed by atoms with E-state index >= 15 is 0 Å². The number of rotatable bonds is 7. The standard InChI is InChI=1S/C24H26N2O4S/c1-18(19-10-5-3-6-11-19)25-31(27,28)23-17-29-26(2)24(23)20-12-9-15-22(16-20)30-21-13-7-4-8-14-21/h3-16,18,23-25H,17H2,1-2H3. The van der Waals surface area contributed by atoms with Gasteiger partial charge in [0.25, 0.3) is 0 Å². The molecule has 1 aliphatic rings. The third kappa shape index (κ3) is 4.97. The van der Waals surface area contributed by atoms with Gasteiger partial charge in [0.2, 0.25) is 10.0 Å². The lowest BCUT2D eigenvalue weighted by Crippen LogP contribution is -2.40. The van der Waals surface area contributed by atoms with Crippen LogP contribution in [0.5, 0.6) is 11.5 Å². The third-order valence-electron chi connectivity index (χ3n) is 5.40. The highest BCUT2D eigenvalue weighted by atomic mass is 32.2. The van der Waals surface area contributed by atoms with Gasteiger partial charge in [0.05, 0.1) is 12.6 Å². The molecule has 7 heteroatoms. The molecule has 162 valence electrons. The Balaban J connectivity index is 1.56. The zero-order chi connectivity index (χ0) is 21.8. The van der Waals surface area contributed by atoms with Crippen LogP contribution in [-0.2, 0) is 14.9 Å². The lowest BCUT2D eigenvalue weighted by atomic mass is 10.0. The van der Waals surface area contributed by atoms with Crippen molar-refractivity contribution in [2.24, 2.45) is 0 Å². The Hall–Kier alpha value is -2.71. The molecule has 0 radical (unpaired) electrons. The molecule has 4 rings (SSSR count). The van der Waals surface area contributed by atoms with Crippen LogP contribution in [0.2, 0.25) is 0 Å². The van der Waals surface area contributed by atoms with Crippen molar-refractivity contribution >= 4 is 10.0 Å². The number of para-hydroxylation sites is 1. The van der Waals surface area contributed by atoms with Gasteiger partial charge in [-0.3, -0.25) is 4.84 Å². The Morgan fingerprint density at radius 2 is 1.61 bits per heavy atom. The molecular weight excluding hydrogens is 412 g/mol. The summed E-state index contributed by atoms with van der Waals surface area (Å²) in [6.07, 6.45) is 0. The summed E-state index contributed by atoms with van der Waals surface area (Å²) in [5.41, 5.74) is 1.73.